The molecular weight excluding hydrogens is 426 g/mol. The molecule has 0 fully saturated rings. The third-order valence-corrected chi connectivity index (χ3v) is 6.62. The zero-order valence-electron chi connectivity index (χ0n) is 20.1. The number of amides is 1. The SMILES string of the molecule is C/C=C(\C=C/N)Nc1ccc2c(c1)C(=O)N(CC(O)CN1CCc3ccccc3C1)CCN2C. The van der Waals surface area contributed by atoms with Crippen LogP contribution in [0.4, 0.5) is 11.4 Å². The van der Waals surface area contributed by atoms with Gasteiger partial charge < -0.3 is 26.0 Å². The molecule has 1 amide bonds. The van der Waals surface area contributed by atoms with E-state index in [1.807, 2.05) is 38.2 Å². The summed E-state index contributed by atoms with van der Waals surface area (Å²) in [6, 6.07) is 14.3. The fourth-order valence-corrected chi connectivity index (χ4v) is 4.76. The van der Waals surface area contributed by atoms with Gasteiger partial charge in [-0.25, -0.2) is 0 Å². The van der Waals surface area contributed by atoms with E-state index in [4.69, 9.17) is 5.73 Å². The monoisotopic (exact) mass is 461 g/mol. The Hall–Kier alpha value is -3.29. The van der Waals surface area contributed by atoms with Crippen molar-refractivity contribution in [2.75, 3.05) is 50.0 Å². The zero-order valence-corrected chi connectivity index (χ0v) is 20.1. The predicted octanol–water partition coefficient (Wildman–Crippen LogP) is 2.79. The summed E-state index contributed by atoms with van der Waals surface area (Å²) in [5.41, 5.74) is 11.5. The maximum Gasteiger partial charge on any atom is 0.256 e. The molecule has 0 bridgehead atoms. The first-order valence-electron chi connectivity index (χ1n) is 11.9. The molecule has 1 atom stereocenters. The number of carbonyl (C=O) groups is 1. The second-order valence-corrected chi connectivity index (χ2v) is 9.04. The second-order valence-electron chi connectivity index (χ2n) is 9.04. The van der Waals surface area contributed by atoms with Crippen LogP contribution >= 0.6 is 0 Å². The van der Waals surface area contributed by atoms with Crippen molar-refractivity contribution >= 4 is 17.3 Å². The molecule has 0 aliphatic carbocycles. The van der Waals surface area contributed by atoms with Crippen LogP contribution < -0.4 is 16.0 Å². The summed E-state index contributed by atoms with van der Waals surface area (Å²) in [5.74, 6) is -0.0533. The maximum absolute atomic E-state index is 13.5. The normalized spacial score (nSPS) is 18.0. The number of allylic oxidation sites excluding steroid dienone is 2. The van der Waals surface area contributed by atoms with Crippen molar-refractivity contribution in [3.8, 4) is 0 Å². The first kappa shape index (κ1) is 23.9. The Labute approximate surface area is 202 Å². The molecule has 0 radical (unpaired) electrons. The largest absolute Gasteiger partial charge is 0.405 e. The van der Waals surface area contributed by atoms with Gasteiger partial charge in [0.1, 0.15) is 0 Å². The van der Waals surface area contributed by atoms with E-state index in [1.54, 1.807) is 11.0 Å². The second kappa shape index (κ2) is 10.8. The number of aliphatic hydroxyl groups excluding tert-OH is 1. The lowest BCUT2D eigenvalue weighted by molar-refractivity contribution is 0.0521. The molecule has 0 spiro atoms. The highest BCUT2D eigenvalue weighted by molar-refractivity contribution is 6.01. The minimum atomic E-state index is -0.605. The highest BCUT2D eigenvalue weighted by atomic mass is 16.3. The summed E-state index contributed by atoms with van der Waals surface area (Å²) in [6.45, 7) is 5.85. The molecule has 2 aliphatic heterocycles. The predicted molar refractivity (Wildman–Crippen MR) is 138 cm³/mol. The third kappa shape index (κ3) is 5.43. The van der Waals surface area contributed by atoms with Crippen LogP contribution in [0.25, 0.3) is 0 Å². The molecule has 2 aliphatic rings. The van der Waals surface area contributed by atoms with E-state index in [0.29, 0.717) is 31.7 Å². The summed E-state index contributed by atoms with van der Waals surface area (Å²) >= 11 is 0. The van der Waals surface area contributed by atoms with Crippen LogP contribution in [0, 0.1) is 0 Å². The molecular formula is C27H35N5O2. The lowest BCUT2D eigenvalue weighted by atomic mass is 10.00. The highest BCUT2D eigenvalue weighted by Crippen LogP contribution is 2.28. The third-order valence-electron chi connectivity index (χ3n) is 6.62. The van der Waals surface area contributed by atoms with Crippen LogP contribution in [0.5, 0.6) is 0 Å². The Morgan fingerprint density at radius 3 is 2.71 bits per heavy atom. The zero-order chi connectivity index (χ0) is 24.1. The number of hydrogen-bond acceptors (Lipinski definition) is 6. The number of rotatable bonds is 7. The van der Waals surface area contributed by atoms with Gasteiger partial charge in [0.05, 0.1) is 11.7 Å². The fourth-order valence-electron chi connectivity index (χ4n) is 4.76. The standard InChI is InChI=1S/C27H35N5O2/c1-3-22(10-12-28)29-23-8-9-26-25(16-23)27(34)32(15-14-30(26)2)19-24(33)18-31-13-11-20-6-4-5-7-21(20)17-31/h3-10,12,16,24,29,33H,11,13-15,17-19,28H2,1-2H3/b12-10-,22-3+. The van der Waals surface area contributed by atoms with Crippen LogP contribution in [0.1, 0.15) is 28.4 Å². The minimum absolute atomic E-state index is 0.0533. The van der Waals surface area contributed by atoms with E-state index >= 15 is 0 Å². The van der Waals surface area contributed by atoms with Gasteiger partial charge in [0.15, 0.2) is 0 Å². The Bertz CT molecular complexity index is 1080. The molecule has 4 N–H and O–H groups in total. The van der Waals surface area contributed by atoms with Crippen molar-refractivity contribution < 1.29 is 9.90 Å². The molecule has 180 valence electrons. The summed E-state index contributed by atoms with van der Waals surface area (Å²) in [4.78, 5) is 19.7. The first-order chi connectivity index (χ1) is 16.5. The van der Waals surface area contributed by atoms with Crippen LogP contribution in [0.3, 0.4) is 0 Å². The van der Waals surface area contributed by atoms with Gasteiger partial charge in [-0.2, -0.15) is 0 Å². The number of nitrogens with one attached hydrogen (secondary N) is 1. The number of carbonyl (C=O) groups excluding carboxylic acids is 1. The Kier molecular flexibility index (Phi) is 7.55. The van der Waals surface area contributed by atoms with Gasteiger partial charge in [-0.1, -0.05) is 30.3 Å². The number of β-amino-alcohol motifs (C(OH)–C–C–N with tert-alkyl or cyclic N) is 1. The molecule has 0 saturated heterocycles. The van der Waals surface area contributed by atoms with Gasteiger partial charge in [0.25, 0.3) is 5.91 Å². The average molecular weight is 462 g/mol. The Balaban J connectivity index is 1.45. The number of likely N-dealkylation sites (N-methyl/N-ethyl adjacent to an activating group) is 1. The molecule has 0 aromatic heterocycles. The molecule has 2 heterocycles. The average Bonchev–Trinajstić information content (AvgIpc) is 2.95. The van der Waals surface area contributed by atoms with E-state index < -0.39 is 6.10 Å². The molecule has 4 rings (SSSR count). The number of hydrogen-bond donors (Lipinski definition) is 3. The van der Waals surface area contributed by atoms with Crippen molar-refractivity contribution in [1.29, 1.82) is 0 Å². The highest BCUT2D eigenvalue weighted by Gasteiger charge is 2.28. The number of nitrogens with two attached hydrogens (primary N) is 1. The van der Waals surface area contributed by atoms with Crippen molar-refractivity contribution in [2.45, 2.75) is 26.0 Å². The number of fused-ring (bicyclic) bond motifs is 2. The summed E-state index contributed by atoms with van der Waals surface area (Å²) in [7, 11) is 2.00. The summed E-state index contributed by atoms with van der Waals surface area (Å²) in [5, 5.41) is 14.2. The van der Waals surface area contributed by atoms with Crippen molar-refractivity contribution in [1.82, 2.24) is 9.80 Å². The van der Waals surface area contributed by atoms with Crippen LogP contribution in [0.15, 0.2) is 66.5 Å². The van der Waals surface area contributed by atoms with E-state index in [0.717, 1.165) is 36.6 Å². The number of anilines is 2. The molecule has 7 nitrogen and oxygen atoms in total. The maximum atomic E-state index is 13.5. The van der Waals surface area contributed by atoms with E-state index in [-0.39, 0.29) is 5.91 Å². The van der Waals surface area contributed by atoms with E-state index in [9.17, 15) is 9.90 Å². The fraction of sp³-hybridized carbons (Fsp3) is 0.370. The van der Waals surface area contributed by atoms with Gasteiger partial charge in [-0.3, -0.25) is 9.69 Å². The first-order valence-corrected chi connectivity index (χ1v) is 11.9. The van der Waals surface area contributed by atoms with Gasteiger partial charge in [0.2, 0.25) is 0 Å². The van der Waals surface area contributed by atoms with Crippen LogP contribution in [-0.4, -0.2) is 66.7 Å². The number of nitrogens with zero attached hydrogens (tertiary/aromatic N) is 3. The number of benzene rings is 2. The molecule has 1 unspecified atom stereocenters. The van der Waals surface area contributed by atoms with Crippen molar-refractivity contribution in [3.63, 3.8) is 0 Å². The smallest absolute Gasteiger partial charge is 0.256 e. The molecule has 2 aromatic carbocycles. The van der Waals surface area contributed by atoms with Gasteiger partial charge >= 0.3 is 0 Å². The number of aliphatic hydroxyl groups is 1. The van der Waals surface area contributed by atoms with E-state index in [1.165, 1.54) is 17.3 Å². The summed E-state index contributed by atoms with van der Waals surface area (Å²) in [6.07, 6.45) is 5.57. The molecule has 7 heteroatoms. The van der Waals surface area contributed by atoms with Gasteiger partial charge in [-0.05, 0) is 54.9 Å². The van der Waals surface area contributed by atoms with Crippen LogP contribution in [-0.2, 0) is 13.0 Å². The van der Waals surface area contributed by atoms with Gasteiger partial charge in [0, 0.05) is 63.4 Å². The van der Waals surface area contributed by atoms with Crippen LogP contribution in [0.2, 0.25) is 0 Å². The molecule has 0 saturated carbocycles. The lowest BCUT2D eigenvalue weighted by Gasteiger charge is -2.32. The van der Waals surface area contributed by atoms with Crippen molar-refractivity contribution in [3.05, 3.63) is 83.2 Å². The van der Waals surface area contributed by atoms with E-state index in [2.05, 4.69) is 39.4 Å². The Morgan fingerprint density at radius 1 is 1.15 bits per heavy atom. The Morgan fingerprint density at radius 2 is 1.94 bits per heavy atom. The molecule has 34 heavy (non-hydrogen) atoms. The van der Waals surface area contributed by atoms with Crippen molar-refractivity contribution in [2.24, 2.45) is 5.73 Å². The minimum Gasteiger partial charge on any atom is -0.405 e. The lowest BCUT2D eigenvalue weighted by Crippen LogP contribution is -2.44. The molecule has 2 aromatic rings. The quantitative estimate of drug-likeness (QED) is 0.550. The van der Waals surface area contributed by atoms with Gasteiger partial charge in [-0.15, -0.1) is 0 Å². The topological polar surface area (TPSA) is 85.1 Å². The summed E-state index contributed by atoms with van der Waals surface area (Å²) < 4.78 is 0.